The van der Waals surface area contributed by atoms with Crippen LogP contribution in [0.15, 0.2) is 36.4 Å². The predicted molar refractivity (Wildman–Crippen MR) is 86.9 cm³/mol. The Kier molecular flexibility index (Phi) is 4.04. The Balaban J connectivity index is 1.73. The second-order valence-corrected chi connectivity index (χ2v) is 5.69. The van der Waals surface area contributed by atoms with Crippen LogP contribution in [0.1, 0.15) is 17.8 Å². The highest BCUT2D eigenvalue weighted by atomic mass is 16.2. The lowest BCUT2D eigenvalue weighted by atomic mass is 10.0. The Labute approximate surface area is 130 Å². The van der Waals surface area contributed by atoms with Crippen molar-refractivity contribution in [2.24, 2.45) is 5.92 Å². The van der Waals surface area contributed by atoms with E-state index in [4.69, 9.17) is 0 Å². The van der Waals surface area contributed by atoms with Gasteiger partial charge in [-0.3, -0.25) is 4.79 Å². The van der Waals surface area contributed by atoms with E-state index in [1.807, 2.05) is 55.3 Å². The average molecular weight is 296 g/mol. The molecule has 22 heavy (non-hydrogen) atoms. The number of hydrogen-bond donors (Lipinski definition) is 1. The molecule has 2 heterocycles. The van der Waals surface area contributed by atoms with E-state index in [-0.39, 0.29) is 5.91 Å². The Bertz CT molecular complexity index is 672. The number of benzene rings is 1. The number of aryl methyl sites for hydroxylation is 1. The molecular weight excluding hydrogens is 276 g/mol. The summed E-state index contributed by atoms with van der Waals surface area (Å²) < 4.78 is 0. The van der Waals surface area contributed by atoms with Crippen molar-refractivity contribution in [3.05, 3.63) is 47.8 Å². The Morgan fingerprint density at radius 2 is 2.05 bits per heavy atom. The molecule has 0 saturated carbocycles. The van der Waals surface area contributed by atoms with Gasteiger partial charge >= 0.3 is 0 Å². The Morgan fingerprint density at radius 3 is 2.77 bits per heavy atom. The first-order valence-corrected chi connectivity index (χ1v) is 7.53. The molecule has 0 unspecified atom stereocenters. The first-order valence-electron chi connectivity index (χ1n) is 7.53. The van der Waals surface area contributed by atoms with Crippen molar-refractivity contribution in [3.63, 3.8) is 0 Å². The molecule has 0 radical (unpaired) electrons. The smallest absolute Gasteiger partial charge is 0.227 e. The summed E-state index contributed by atoms with van der Waals surface area (Å²) in [6.45, 7) is 2.71. The third kappa shape index (κ3) is 3.08. The number of carbonyl (C=O) groups is 1. The third-order valence-corrected chi connectivity index (χ3v) is 3.90. The van der Waals surface area contributed by atoms with E-state index in [9.17, 15) is 4.79 Å². The molecule has 0 aliphatic carbocycles. The van der Waals surface area contributed by atoms with Gasteiger partial charge in [0.2, 0.25) is 11.9 Å². The third-order valence-electron chi connectivity index (χ3n) is 3.90. The lowest BCUT2D eigenvalue weighted by Crippen LogP contribution is -2.24. The molecule has 1 N–H and O–H groups in total. The molecule has 2 aromatic rings. The standard InChI is InChI=1S/C17H20N4O/c1-12-8-14(20-17(18-2)19-12)9-13-10-16(22)21(11-13)15-6-4-3-5-7-15/h3-8,13H,9-11H2,1-2H3,(H,18,19,20)/t13-/m0/s1. The number of nitrogens with zero attached hydrogens (tertiary/aromatic N) is 3. The van der Waals surface area contributed by atoms with Gasteiger partial charge in [-0.2, -0.15) is 0 Å². The van der Waals surface area contributed by atoms with Crippen LogP contribution in [0.25, 0.3) is 0 Å². The number of nitrogens with one attached hydrogen (secondary N) is 1. The molecule has 114 valence electrons. The van der Waals surface area contributed by atoms with Crippen LogP contribution in [-0.2, 0) is 11.2 Å². The van der Waals surface area contributed by atoms with Crippen molar-refractivity contribution in [2.75, 3.05) is 23.8 Å². The molecule has 1 saturated heterocycles. The van der Waals surface area contributed by atoms with Crippen LogP contribution in [0, 0.1) is 12.8 Å². The molecule has 0 spiro atoms. The highest BCUT2D eigenvalue weighted by molar-refractivity contribution is 5.95. The number of amides is 1. The number of aromatic nitrogens is 2. The van der Waals surface area contributed by atoms with Gasteiger partial charge in [0.1, 0.15) is 0 Å². The van der Waals surface area contributed by atoms with Crippen LogP contribution >= 0.6 is 0 Å². The minimum Gasteiger partial charge on any atom is -0.357 e. The van der Waals surface area contributed by atoms with Gasteiger partial charge in [-0.1, -0.05) is 18.2 Å². The van der Waals surface area contributed by atoms with Gasteiger partial charge in [-0.05, 0) is 37.5 Å². The van der Waals surface area contributed by atoms with Crippen molar-refractivity contribution in [2.45, 2.75) is 19.8 Å². The van der Waals surface area contributed by atoms with Gasteiger partial charge in [0.15, 0.2) is 0 Å². The summed E-state index contributed by atoms with van der Waals surface area (Å²) in [6, 6.07) is 11.8. The van der Waals surface area contributed by atoms with Gasteiger partial charge in [-0.15, -0.1) is 0 Å². The van der Waals surface area contributed by atoms with Crippen LogP contribution in [0.2, 0.25) is 0 Å². The van der Waals surface area contributed by atoms with Gasteiger partial charge < -0.3 is 10.2 Å². The van der Waals surface area contributed by atoms with Crippen molar-refractivity contribution >= 4 is 17.5 Å². The quantitative estimate of drug-likeness (QED) is 0.941. The van der Waals surface area contributed by atoms with Crippen molar-refractivity contribution < 1.29 is 4.79 Å². The maximum atomic E-state index is 12.2. The summed E-state index contributed by atoms with van der Waals surface area (Å²) >= 11 is 0. The van der Waals surface area contributed by atoms with Crippen molar-refractivity contribution in [3.8, 4) is 0 Å². The fourth-order valence-corrected chi connectivity index (χ4v) is 2.92. The predicted octanol–water partition coefficient (Wildman–Crippen LogP) is 2.42. The summed E-state index contributed by atoms with van der Waals surface area (Å²) in [5.41, 5.74) is 2.91. The van der Waals surface area contributed by atoms with Gasteiger partial charge in [0, 0.05) is 37.1 Å². The van der Waals surface area contributed by atoms with Crippen LogP contribution in [0.5, 0.6) is 0 Å². The van der Waals surface area contributed by atoms with Crippen LogP contribution < -0.4 is 10.2 Å². The Hall–Kier alpha value is -2.43. The number of hydrogen-bond acceptors (Lipinski definition) is 4. The molecule has 1 aromatic heterocycles. The zero-order valence-corrected chi connectivity index (χ0v) is 12.9. The van der Waals surface area contributed by atoms with E-state index in [0.29, 0.717) is 18.3 Å². The summed E-state index contributed by atoms with van der Waals surface area (Å²) in [5, 5.41) is 2.98. The molecule has 1 aromatic carbocycles. The van der Waals surface area contributed by atoms with E-state index in [2.05, 4.69) is 15.3 Å². The SMILES string of the molecule is CNc1nc(C)cc(C[C@H]2CC(=O)N(c3ccccc3)C2)n1. The molecular formula is C17H20N4O. The molecule has 5 heteroatoms. The van der Waals surface area contributed by atoms with Crippen LogP contribution in [0.4, 0.5) is 11.6 Å². The second kappa shape index (κ2) is 6.13. The largest absolute Gasteiger partial charge is 0.357 e. The molecule has 0 bridgehead atoms. The summed E-state index contributed by atoms with van der Waals surface area (Å²) in [5.74, 6) is 1.13. The molecule has 1 aliphatic heterocycles. The van der Waals surface area contributed by atoms with E-state index >= 15 is 0 Å². The molecule has 3 rings (SSSR count). The number of carbonyl (C=O) groups excluding carboxylic acids is 1. The highest BCUT2D eigenvalue weighted by Crippen LogP contribution is 2.27. The van der Waals surface area contributed by atoms with E-state index < -0.39 is 0 Å². The molecule has 1 aliphatic rings. The first-order chi connectivity index (χ1) is 10.7. The minimum atomic E-state index is 0.191. The van der Waals surface area contributed by atoms with Crippen LogP contribution in [-0.4, -0.2) is 29.5 Å². The zero-order valence-electron chi connectivity index (χ0n) is 12.9. The van der Waals surface area contributed by atoms with Crippen LogP contribution in [0.3, 0.4) is 0 Å². The van der Waals surface area contributed by atoms with E-state index in [0.717, 1.165) is 30.0 Å². The summed E-state index contributed by atoms with van der Waals surface area (Å²) in [6.07, 6.45) is 1.37. The molecule has 1 atom stereocenters. The maximum absolute atomic E-state index is 12.2. The van der Waals surface area contributed by atoms with Gasteiger partial charge in [0.25, 0.3) is 0 Å². The Morgan fingerprint density at radius 1 is 1.27 bits per heavy atom. The minimum absolute atomic E-state index is 0.191. The van der Waals surface area contributed by atoms with Crippen molar-refractivity contribution in [1.82, 2.24) is 9.97 Å². The fraction of sp³-hybridized carbons (Fsp3) is 0.353. The topological polar surface area (TPSA) is 58.1 Å². The number of rotatable bonds is 4. The maximum Gasteiger partial charge on any atom is 0.227 e. The highest BCUT2D eigenvalue weighted by Gasteiger charge is 2.30. The van der Waals surface area contributed by atoms with E-state index in [1.54, 1.807) is 0 Å². The van der Waals surface area contributed by atoms with E-state index in [1.165, 1.54) is 0 Å². The summed E-state index contributed by atoms with van der Waals surface area (Å²) in [7, 11) is 1.81. The average Bonchev–Trinajstić information content (AvgIpc) is 2.88. The normalized spacial score (nSPS) is 17.8. The van der Waals surface area contributed by atoms with Crippen molar-refractivity contribution in [1.29, 1.82) is 0 Å². The lowest BCUT2D eigenvalue weighted by Gasteiger charge is -2.16. The summed E-state index contributed by atoms with van der Waals surface area (Å²) in [4.78, 5) is 22.9. The number of anilines is 2. The fourth-order valence-electron chi connectivity index (χ4n) is 2.92. The first kappa shape index (κ1) is 14.5. The monoisotopic (exact) mass is 296 g/mol. The second-order valence-electron chi connectivity index (χ2n) is 5.69. The van der Waals surface area contributed by atoms with Gasteiger partial charge in [0.05, 0.1) is 0 Å². The number of para-hydroxylation sites is 1. The lowest BCUT2D eigenvalue weighted by molar-refractivity contribution is -0.117. The van der Waals surface area contributed by atoms with Gasteiger partial charge in [-0.25, -0.2) is 9.97 Å². The molecule has 1 fully saturated rings. The molecule has 5 nitrogen and oxygen atoms in total. The molecule has 1 amide bonds. The zero-order chi connectivity index (χ0) is 15.5.